The summed E-state index contributed by atoms with van der Waals surface area (Å²) in [6, 6.07) is 6.26. The van der Waals surface area contributed by atoms with Gasteiger partial charge in [0.05, 0.1) is 21.8 Å². The molecule has 0 amide bonds. The predicted molar refractivity (Wildman–Crippen MR) is 103 cm³/mol. The number of rotatable bonds is 4. The number of benzene rings is 1. The number of nitrogens with one attached hydrogen (secondary N) is 2. The SMILES string of the molecule is Cc1nc2ccc(-c3c[nH]c4nc(NCC5(F)CCC5)ncc34)cc2s1. The predicted octanol–water partition coefficient (Wildman–Crippen LogP) is 4.85. The summed E-state index contributed by atoms with van der Waals surface area (Å²) in [4.78, 5) is 16.6. The van der Waals surface area contributed by atoms with E-state index >= 15 is 0 Å². The molecule has 26 heavy (non-hydrogen) atoms. The molecule has 5 nitrogen and oxygen atoms in total. The second-order valence-corrected chi connectivity index (χ2v) is 8.17. The van der Waals surface area contributed by atoms with E-state index in [1.165, 1.54) is 4.70 Å². The minimum atomic E-state index is -1.10. The molecule has 0 atom stereocenters. The number of aryl methyl sites for hydroxylation is 1. The number of fused-ring (bicyclic) bond motifs is 2. The highest BCUT2D eigenvalue weighted by Gasteiger charge is 2.36. The lowest BCUT2D eigenvalue weighted by Gasteiger charge is -2.33. The van der Waals surface area contributed by atoms with Crippen LogP contribution in [0.15, 0.2) is 30.6 Å². The zero-order chi connectivity index (χ0) is 17.7. The van der Waals surface area contributed by atoms with Crippen molar-refractivity contribution < 1.29 is 4.39 Å². The fraction of sp³-hybridized carbons (Fsp3) is 0.316. The molecule has 0 unspecified atom stereocenters. The molecule has 1 aliphatic carbocycles. The molecule has 3 aromatic heterocycles. The van der Waals surface area contributed by atoms with Gasteiger partial charge in [0.15, 0.2) is 0 Å². The maximum absolute atomic E-state index is 14.1. The minimum Gasteiger partial charge on any atom is -0.351 e. The molecule has 0 spiro atoms. The third kappa shape index (κ3) is 2.63. The molecule has 1 fully saturated rings. The van der Waals surface area contributed by atoms with Crippen LogP contribution in [0.3, 0.4) is 0 Å². The van der Waals surface area contributed by atoms with E-state index in [4.69, 9.17) is 0 Å². The fourth-order valence-electron chi connectivity index (χ4n) is 3.41. The Hall–Kier alpha value is -2.54. The van der Waals surface area contributed by atoms with Crippen LogP contribution in [0.5, 0.6) is 0 Å². The van der Waals surface area contributed by atoms with Crippen molar-refractivity contribution in [2.45, 2.75) is 31.9 Å². The topological polar surface area (TPSA) is 66.5 Å². The largest absolute Gasteiger partial charge is 0.351 e. The first-order chi connectivity index (χ1) is 12.6. The van der Waals surface area contributed by atoms with Crippen molar-refractivity contribution in [3.63, 3.8) is 0 Å². The van der Waals surface area contributed by atoms with Crippen molar-refractivity contribution in [2.24, 2.45) is 0 Å². The van der Waals surface area contributed by atoms with Gasteiger partial charge in [-0.15, -0.1) is 11.3 Å². The number of H-pyrrole nitrogens is 1. The highest BCUT2D eigenvalue weighted by molar-refractivity contribution is 7.18. The lowest BCUT2D eigenvalue weighted by Crippen LogP contribution is -2.39. The van der Waals surface area contributed by atoms with E-state index < -0.39 is 5.67 Å². The standard InChI is InChI=1S/C19H18FN5S/c1-11-24-15-4-3-12(7-16(15)26-11)13-8-21-17-14(13)9-22-18(25-17)23-10-19(20)5-2-6-19/h3-4,7-9H,2,5-6,10H2,1H3,(H2,21,22,23,25). The highest BCUT2D eigenvalue weighted by atomic mass is 32.1. The third-order valence-electron chi connectivity index (χ3n) is 5.05. The molecule has 3 heterocycles. The average Bonchev–Trinajstić information content (AvgIpc) is 3.19. The molecule has 4 aromatic rings. The summed E-state index contributed by atoms with van der Waals surface area (Å²) < 4.78 is 15.3. The number of thiazole rings is 1. The molecule has 0 bridgehead atoms. The number of hydrogen-bond donors (Lipinski definition) is 2. The van der Waals surface area contributed by atoms with Crippen LogP contribution in [0.25, 0.3) is 32.4 Å². The normalized spacial score (nSPS) is 16.1. The molecule has 0 saturated heterocycles. The van der Waals surface area contributed by atoms with Gasteiger partial charge < -0.3 is 10.3 Å². The summed E-state index contributed by atoms with van der Waals surface area (Å²) in [5, 5.41) is 5.05. The zero-order valence-corrected chi connectivity index (χ0v) is 15.2. The van der Waals surface area contributed by atoms with Crippen LogP contribution in [0.2, 0.25) is 0 Å². The van der Waals surface area contributed by atoms with Crippen LogP contribution in [-0.4, -0.2) is 32.1 Å². The Morgan fingerprint density at radius 2 is 2.19 bits per heavy atom. The van der Waals surface area contributed by atoms with Gasteiger partial charge in [-0.3, -0.25) is 0 Å². The zero-order valence-electron chi connectivity index (χ0n) is 14.3. The number of nitrogens with zero attached hydrogens (tertiary/aromatic N) is 3. The van der Waals surface area contributed by atoms with Crippen molar-refractivity contribution >= 4 is 38.5 Å². The van der Waals surface area contributed by atoms with Gasteiger partial charge in [-0.1, -0.05) is 6.07 Å². The molecule has 1 aliphatic rings. The fourth-order valence-corrected chi connectivity index (χ4v) is 4.28. The van der Waals surface area contributed by atoms with Gasteiger partial charge in [0, 0.05) is 23.3 Å². The first-order valence-corrected chi connectivity index (χ1v) is 9.56. The lowest BCUT2D eigenvalue weighted by atomic mass is 9.82. The van der Waals surface area contributed by atoms with Gasteiger partial charge in [0.1, 0.15) is 11.3 Å². The quantitative estimate of drug-likeness (QED) is 0.541. The van der Waals surface area contributed by atoms with E-state index in [2.05, 4.69) is 37.4 Å². The maximum Gasteiger partial charge on any atom is 0.224 e. The Morgan fingerprint density at radius 1 is 1.31 bits per heavy atom. The molecule has 2 N–H and O–H groups in total. The van der Waals surface area contributed by atoms with E-state index in [1.807, 2.05) is 19.2 Å². The molecule has 7 heteroatoms. The van der Waals surface area contributed by atoms with Crippen LogP contribution >= 0.6 is 11.3 Å². The number of anilines is 1. The van der Waals surface area contributed by atoms with Crippen molar-refractivity contribution in [1.82, 2.24) is 19.9 Å². The number of alkyl halides is 1. The van der Waals surface area contributed by atoms with E-state index in [0.717, 1.165) is 39.1 Å². The Labute approximate surface area is 153 Å². The van der Waals surface area contributed by atoms with Gasteiger partial charge in [-0.2, -0.15) is 4.98 Å². The summed E-state index contributed by atoms with van der Waals surface area (Å²) >= 11 is 1.69. The van der Waals surface area contributed by atoms with Crippen molar-refractivity contribution in [1.29, 1.82) is 0 Å². The van der Waals surface area contributed by atoms with Gasteiger partial charge in [0.2, 0.25) is 5.95 Å². The second kappa shape index (κ2) is 5.74. The van der Waals surface area contributed by atoms with Crippen LogP contribution in [-0.2, 0) is 0 Å². The Morgan fingerprint density at radius 3 is 3.00 bits per heavy atom. The summed E-state index contributed by atoms with van der Waals surface area (Å²) in [6.07, 6.45) is 5.94. The molecule has 0 radical (unpaired) electrons. The third-order valence-corrected chi connectivity index (χ3v) is 5.99. The van der Waals surface area contributed by atoms with Crippen LogP contribution in [0.1, 0.15) is 24.3 Å². The summed E-state index contributed by atoms with van der Waals surface area (Å²) in [6.45, 7) is 2.29. The average molecular weight is 367 g/mol. The van der Waals surface area contributed by atoms with Gasteiger partial charge in [0.25, 0.3) is 0 Å². The van der Waals surface area contributed by atoms with E-state index in [9.17, 15) is 4.39 Å². The van der Waals surface area contributed by atoms with Crippen LogP contribution in [0.4, 0.5) is 10.3 Å². The number of halogens is 1. The number of aromatic nitrogens is 4. The molecule has 5 rings (SSSR count). The van der Waals surface area contributed by atoms with Crippen LogP contribution < -0.4 is 5.32 Å². The maximum atomic E-state index is 14.1. The molecular formula is C19H18FN5S. The number of aromatic amines is 1. The molecular weight excluding hydrogens is 349 g/mol. The Balaban J connectivity index is 1.46. The lowest BCUT2D eigenvalue weighted by molar-refractivity contribution is 0.0782. The van der Waals surface area contributed by atoms with Gasteiger partial charge in [-0.25, -0.2) is 14.4 Å². The number of hydrogen-bond acceptors (Lipinski definition) is 5. The molecule has 0 aliphatic heterocycles. The highest BCUT2D eigenvalue weighted by Crippen LogP contribution is 2.36. The Bertz CT molecular complexity index is 1110. The Kier molecular flexibility index (Phi) is 3.46. The summed E-state index contributed by atoms with van der Waals surface area (Å²) in [7, 11) is 0. The smallest absolute Gasteiger partial charge is 0.224 e. The van der Waals surface area contributed by atoms with Crippen LogP contribution in [0, 0.1) is 6.92 Å². The van der Waals surface area contributed by atoms with Gasteiger partial charge in [-0.05, 0) is 43.9 Å². The molecule has 132 valence electrons. The summed E-state index contributed by atoms with van der Waals surface area (Å²) in [5.74, 6) is 0.461. The second-order valence-electron chi connectivity index (χ2n) is 6.93. The van der Waals surface area contributed by atoms with Gasteiger partial charge >= 0.3 is 0 Å². The van der Waals surface area contributed by atoms with Crippen molar-refractivity contribution in [2.75, 3.05) is 11.9 Å². The summed E-state index contributed by atoms with van der Waals surface area (Å²) in [5.41, 5.74) is 2.84. The van der Waals surface area contributed by atoms with Crippen molar-refractivity contribution in [3.8, 4) is 11.1 Å². The van der Waals surface area contributed by atoms with Crippen molar-refractivity contribution in [3.05, 3.63) is 35.6 Å². The molecule has 1 aromatic carbocycles. The first kappa shape index (κ1) is 15.7. The van der Waals surface area contributed by atoms with E-state index in [0.29, 0.717) is 18.8 Å². The molecule has 1 saturated carbocycles. The van der Waals surface area contributed by atoms with E-state index in [-0.39, 0.29) is 6.54 Å². The first-order valence-electron chi connectivity index (χ1n) is 8.74. The monoisotopic (exact) mass is 367 g/mol. The minimum absolute atomic E-state index is 0.271. The van der Waals surface area contributed by atoms with E-state index in [1.54, 1.807) is 17.5 Å².